The molecule has 0 aromatic carbocycles. The second kappa shape index (κ2) is 4.23. The van der Waals surface area contributed by atoms with Gasteiger partial charge >= 0.3 is 0 Å². The zero-order valence-corrected chi connectivity index (χ0v) is 8.59. The largest absolute Gasteiger partial charge is 0.390 e. The minimum Gasteiger partial charge on any atom is -0.390 e. The lowest BCUT2D eigenvalue weighted by Crippen LogP contribution is -2.05. The smallest absolute Gasteiger partial charge is 0.0952 e. The number of hydrogen-bond acceptors (Lipinski definition) is 3. The van der Waals surface area contributed by atoms with Crippen LogP contribution in [0.4, 0.5) is 0 Å². The molecule has 2 heterocycles. The van der Waals surface area contributed by atoms with Crippen molar-refractivity contribution in [2.75, 3.05) is 0 Å². The van der Waals surface area contributed by atoms with Gasteiger partial charge in [0, 0.05) is 6.20 Å². The van der Waals surface area contributed by atoms with E-state index in [0.29, 0.717) is 6.54 Å². The van der Waals surface area contributed by atoms with Crippen LogP contribution in [0.5, 0.6) is 0 Å². The van der Waals surface area contributed by atoms with Crippen LogP contribution in [0.2, 0.25) is 0 Å². The number of aliphatic hydroxyl groups excluding tert-OH is 1. The van der Waals surface area contributed by atoms with Gasteiger partial charge < -0.3 is 9.67 Å². The summed E-state index contributed by atoms with van der Waals surface area (Å²) in [6.45, 7) is 2.69. The number of pyridine rings is 1. The molecular formula is C11H13N3O. The highest BCUT2D eigenvalue weighted by Crippen LogP contribution is 2.08. The molecule has 0 radical (unpaired) electrons. The van der Waals surface area contributed by atoms with Gasteiger partial charge in [0.2, 0.25) is 0 Å². The quantitative estimate of drug-likeness (QED) is 0.813. The molecule has 0 saturated carbocycles. The lowest BCUT2D eigenvalue weighted by Gasteiger charge is -2.07. The molecule has 15 heavy (non-hydrogen) atoms. The molecule has 0 amide bonds. The summed E-state index contributed by atoms with van der Waals surface area (Å²) in [6, 6.07) is 3.94. The van der Waals surface area contributed by atoms with E-state index in [4.69, 9.17) is 5.11 Å². The normalized spacial score (nSPS) is 10.5. The minimum absolute atomic E-state index is 0.00583. The highest BCUT2D eigenvalue weighted by Gasteiger charge is 2.04. The molecule has 0 bridgehead atoms. The lowest BCUT2D eigenvalue weighted by atomic mass is 10.2. The highest BCUT2D eigenvalue weighted by molar-refractivity contribution is 5.18. The van der Waals surface area contributed by atoms with Crippen LogP contribution in [0.15, 0.2) is 30.9 Å². The first kappa shape index (κ1) is 9.86. The minimum atomic E-state index is 0.00583. The van der Waals surface area contributed by atoms with E-state index in [-0.39, 0.29) is 6.61 Å². The van der Waals surface area contributed by atoms with Crippen LogP contribution < -0.4 is 0 Å². The monoisotopic (exact) mass is 203 g/mol. The summed E-state index contributed by atoms with van der Waals surface area (Å²) in [4.78, 5) is 8.29. The number of hydrogen-bond donors (Lipinski definition) is 1. The standard InChI is InChI=1S/C11H13N3O/c1-9-3-2-4-13-11(9)6-14-8-12-5-10(14)7-15/h2-5,8,15H,6-7H2,1H3. The average molecular weight is 203 g/mol. The van der Waals surface area contributed by atoms with Crippen LogP contribution in [0.25, 0.3) is 0 Å². The fourth-order valence-electron chi connectivity index (χ4n) is 1.47. The molecule has 0 aliphatic heterocycles. The Morgan fingerprint density at radius 3 is 3.07 bits per heavy atom. The molecule has 0 aliphatic rings. The van der Waals surface area contributed by atoms with E-state index in [1.165, 1.54) is 0 Å². The molecule has 0 saturated heterocycles. The molecule has 0 unspecified atom stereocenters. The van der Waals surface area contributed by atoms with Crippen molar-refractivity contribution in [1.82, 2.24) is 14.5 Å². The third-order valence-electron chi connectivity index (χ3n) is 2.40. The van der Waals surface area contributed by atoms with Gasteiger partial charge in [-0.2, -0.15) is 0 Å². The zero-order chi connectivity index (χ0) is 10.7. The number of aliphatic hydroxyl groups is 1. The maximum Gasteiger partial charge on any atom is 0.0952 e. The van der Waals surface area contributed by atoms with Crippen LogP contribution in [-0.2, 0) is 13.2 Å². The summed E-state index contributed by atoms with van der Waals surface area (Å²) < 4.78 is 1.90. The van der Waals surface area contributed by atoms with Gasteiger partial charge in [-0.1, -0.05) is 6.07 Å². The SMILES string of the molecule is Cc1cccnc1Cn1cncc1CO. The van der Waals surface area contributed by atoms with Gasteiger partial charge in [0.15, 0.2) is 0 Å². The third-order valence-corrected chi connectivity index (χ3v) is 2.40. The van der Waals surface area contributed by atoms with Crippen molar-refractivity contribution in [1.29, 1.82) is 0 Å². The van der Waals surface area contributed by atoms with Gasteiger partial charge in [0.25, 0.3) is 0 Å². The fraction of sp³-hybridized carbons (Fsp3) is 0.273. The molecule has 2 rings (SSSR count). The molecule has 4 nitrogen and oxygen atoms in total. The summed E-state index contributed by atoms with van der Waals surface area (Å²) in [7, 11) is 0. The number of rotatable bonds is 3. The van der Waals surface area contributed by atoms with Gasteiger partial charge in [-0.25, -0.2) is 4.98 Å². The molecule has 2 aromatic heterocycles. The van der Waals surface area contributed by atoms with Crippen molar-refractivity contribution in [3.8, 4) is 0 Å². The Labute approximate surface area is 88.2 Å². The van der Waals surface area contributed by atoms with E-state index in [2.05, 4.69) is 9.97 Å². The summed E-state index contributed by atoms with van der Waals surface area (Å²) in [5.74, 6) is 0. The number of imidazole rings is 1. The molecule has 4 heteroatoms. The van der Waals surface area contributed by atoms with Crippen LogP contribution in [0, 0.1) is 6.92 Å². The number of nitrogens with zero attached hydrogens (tertiary/aromatic N) is 3. The third kappa shape index (κ3) is 2.05. The Bertz CT molecular complexity index is 451. The Hall–Kier alpha value is -1.68. The van der Waals surface area contributed by atoms with Crippen molar-refractivity contribution in [2.24, 2.45) is 0 Å². The summed E-state index contributed by atoms with van der Waals surface area (Å²) in [5.41, 5.74) is 2.96. The predicted octanol–water partition coefficient (Wildman–Crippen LogP) is 1.13. The molecule has 2 aromatic rings. The number of aryl methyl sites for hydroxylation is 1. The van der Waals surface area contributed by atoms with Crippen LogP contribution in [-0.4, -0.2) is 19.6 Å². The van der Waals surface area contributed by atoms with E-state index in [1.54, 1.807) is 18.7 Å². The first-order valence-corrected chi connectivity index (χ1v) is 4.81. The van der Waals surface area contributed by atoms with E-state index < -0.39 is 0 Å². The summed E-state index contributed by atoms with van der Waals surface area (Å²) >= 11 is 0. The lowest BCUT2D eigenvalue weighted by molar-refractivity contribution is 0.271. The molecule has 0 aliphatic carbocycles. The second-order valence-electron chi connectivity index (χ2n) is 3.44. The Morgan fingerprint density at radius 2 is 2.33 bits per heavy atom. The van der Waals surface area contributed by atoms with Gasteiger partial charge in [-0.05, 0) is 18.6 Å². The van der Waals surface area contributed by atoms with E-state index >= 15 is 0 Å². The second-order valence-corrected chi connectivity index (χ2v) is 3.44. The summed E-state index contributed by atoms with van der Waals surface area (Å²) in [5, 5.41) is 9.07. The molecular weight excluding hydrogens is 190 g/mol. The molecule has 0 atom stereocenters. The Balaban J connectivity index is 2.26. The van der Waals surface area contributed by atoms with Crippen molar-refractivity contribution < 1.29 is 5.11 Å². The molecule has 78 valence electrons. The Kier molecular flexibility index (Phi) is 2.78. The molecule has 0 spiro atoms. The van der Waals surface area contributed by atoms with Crippen molar-refractivity contribution in [3.63, 3.8) is 0 Å². The molecule has 1 N–H and O–H groups in total. The van der Waals surface area contributed by atoms with E-state index in [0.717, 1.165) is 17.0 Å². The first-order chi connectivity index (χ1) is 7.31. The van der Waals surface area contributed by atoms with Crippen molar-refractivity contribution in [3.05, 3.63) is 47.8 Å². The topological polar surface area (TPSA) is 50.9 Å². The first-order valence-electron chi connectivity index (χ1n) is 4.81. The van der Waals surface area contributed by atoms with E-state index in [9.17, 15) is 0 Å². The fourth-order valence-corrected chi connectivity index (χ4v) is 1.47. The van der Waals surface area contributed by atoms with Crippen LogP contribution >= 0.6 is 0 Å². The number of aromatic nitrogens is 3. The van der Waals surface area contributed by atoms with Crippen LogP contribution in [0.3, 0.4) is 0 Å². The zero-order valence-electron chi connectivity index (χ0n) is 8.59. The van der Waals surface area contributed by atoms with Gasteiger partial charge in [-0.15, -0.1) is 0 Å². The summed E-state index contributed by atoms with van der Waals surface area (Å²) in [6.07, 6.45) is 5.15. The highest BCUT2D eigenvalue weighted by atomic mass is 16.3. The predicted molar refractivity (Wildman–Crippen MR) is 56.2 cm³/mol. The molecule has 0 fully saturated rings. The van der Waals surface area contributed by atoms with Gasteiger partial charge in [-0.3, -0.25) is 4.98 Å². The maximum absolute atomic E-state index is 9.07. The van der Waals surface area contributed by atoms with Gasteiger partial charge in [0.1, 0.15) is 0 Å². The van der Waals surface area contributed by atoms with Crippen molar-refractivity contribution >= 4 is 0 Å². The van der Waals surface area contributed by atoms with Crippen molar-refractivity contribution in [2.45, 2.75) is 20.1 Å². The van der Waals surface area contributed by atoms with E-state index in [1.807, 2.05) is 23.6 Å². The average Bonchev–Trinajstić information content (AvgIpc) is 2.69. The maximum atomic E-state index is 9.07. The Morgan fingerprint density at radius 1 is 1.47 bits per heavy atom. The van der Waals surface area contributed by atoms with Crippen LogP contribution in [0.1, 0.15) is 17.0 Å². The van der Waals surface area contributed by atoms with Gasteiger partial charge in [0.05, 0.1) is 37.1 Å².